The van der Waals surface area contributed by atoms with Crippen molar-refractivity contribution < 1.29 is 17.9 Å². The Morgan fingerprint density at radius 3 is 2.73 bits per heavy atom. The highest BCUT2D eigenvalue weighted by molar-refractivity contribution is 7.14. The van der Waals surface area contributed by atoms with Gasteiger partial charge in [-0.15, -0.1) is 11.3 Å². The van der Waals surface area contributed by atoms with Gasteiger partial charge < -0.3 is 15.4 Å². The molecule has 3 heterocycles. The Labute approximate surface area is 174 Å². The molecule has 0 bridgehead atoms. The van der Waals surface area contributed by atoms with Crippen LogP contribution in [0.1, 0.15) is 17.5 Å². The number of guanidine groups is 1. The van der Waals surface area contributed by atoms with Gasteiger partial charge in [-0.1, -0.05) is 12.1 Å². The van der Waals surface area contributed by atoms with E-state index in [1.165, 1.54) is 23.5 Å². The van der Waals surface area contributed by atoms with Crippen molar-refractivity contribution in [1.29, 1.82) is 0 Å². The van der Waals surface area contributed by atoms with Gasteiger partial charge in [-0.3, -0.25) is 4.99 Å². The van der Waals surface area contributed by atoms with Crippen LogP contribution in [0.25, 0.3) is 11.3 Å². The average molecular weight is 433 g/mol. The monoisotopic (exact) mass is 433 g/mol. The largest absolute Gasteiger partial charge is 0.472 e. The maximum Gasteiger partial charge on any atom is 0.416 e. The van der Waals surface area contributed by atoms with Gasteiger partial charge in [0.1, 0.15) is 6.61 Å². The van der Waals surface area contributed by atoms with Gasteiger partial charge in [-0.25, -0.2) is 9.97 Å². The van der Waals surface area contributed by atoms with Crippen molar-refractivity contribution in [1.82, 2.24) is 15.3 Å². The van der Waals surface area contributed by atoms with Crippen LogP contribution in [0.4, 0.5) is 18.3 Å². The van der Waals surface area contributed by atoms with E-state index in [4.69, 9.17) is 4.74 Å². The molecule has 0 saturated heterocycles. The second-order valence-corrected chi connectivity index (χ2v) is 7.37. The molecule has 1 aromatic carbocycles. The Bertz CT molecular complexity index is 1030. The molecular formula is C20H18F3N5OS. The maximum absolute atomic E-state index is 12.7. The highest BCUT2D eigenvalue weighted by atomic mass is 32.1. The predicted octanol–water partition coefficient (Wildman–Crippen LogP) is 4.56. The van der Waals surface area contributed by atoms with Crippen LogP contribution in [0.15, 0.2) is 53.0 Å². The quantitative estimate of drug-likeness (QED) is 0.617. The topological polar surface area (TPSA) is 71.4 Å². The summed E-state index contributed by atoms with van der Waals surface area (Å²) in [6.45, 7) is 1.74. The van der Waals surface area contributed by atoms with E-state index in [1.54, 1.807) is 12.3 Å². The third-order valence-corrected chi connectivity index (χ3v) is 5.09. The number of alkyl halides is 3. The van der Waals surface area contributed by atoms with Gasteiger partial charge in [-0.05, 0) is 36.2 Å². The van der Waals surface area contributed by atoms with Crippen molar-refractivity contribution in [3.8, 4) is 17.1 Å². The first kappa shape index (κ1) is 20.1. The summed E-state index contributed by atoms with van der Waals surface area (Å²) in [4.78, 5) is 13.2. The van der Waals surface area contributed by atoms with E-state index < -0.39 is 11.7 Å². The molecule has 4 rings (SSSR count). The number of pyridine rings is 1. The van der Waals surface area contributed by atoms with Gasteiger partial charge in [0, 0.05) is 24.7 Å². The van der Waals surface area contributed by atoms with E-state index >= 15 is 0 Å². The van der Waals surface area contributed by atoms with E-state index in [0.717, 1.165) is 31.6 Å². The molecule has 2 N–H and O–H groups in total. The molecule has 3 aromatic rings. The number of nitrogens with zero attached hydrogens (tertiary/aromatic N) is 3. The lowest BCUT2D eigenvalue weighted by atomic mass is 10.1. The van der Waals surface area contributed by atoms with Crippen LogP contribution >= 0.6 is 11.3 Å². The fraction of sp³-hybridized carbons (Fsp3) is 0.250. The second kappa shape index (κ2) is 8.70. The van der Waals surface area contributed by atoms with Gasteiger partial charge in [0.05, 0.1) is 16.8 Å². The van der Waals surface area contributed by atoms with E-state index in [1.807, 2.05) is 11.4 Å². The van der Waals surface area contributed by atoms with Gasteiger partial charge in [-0.2, -0.15) is 13.2 Å². The highest BCUT2D eigenvalue weighted by Gasteiger charge is 2.29. The molecule has 2 aromatic heterocycles. The minimum absolute atomic E-state index is 0.0954. The summed E-state index contributed by atoms with van der Waals surface area (Å²) < 4.78 is 43.9. The Morgan fingerprint density at radius 1 is 1.17 bits per heavy atom. The number of ether oxygens (including phenoxy) is 1. The van der Waals surface area contributed by atoms with Crippen molar-refractivity contribution in [3.63, 3.8) is 0 Å². The van der Waals surface area contributed by atoms with Gasteiger partial charge in [0.2, 0.25) is 5.88 Å². The summed E-state index contributed by atoms with van der Waals surface area (Å²) in [7, 11) is 0. The average Bonchev–Trinajstić information content (AvgIpc) is 3.21. The molecule has 0 aliphatic carbocycles. The van der Waals surface area contributed by atoms with E-state index in [-0.39, 0.29) is 6.61 Å². The van der Waals surface area contributed by atoms with E-state index in [0.29, 0.717) is 33.8 Å². The Kier molecular flexibility index (Phi) is 5.84. The number of benzene rings is 1. The number of nitrogens with one attached hydrogen (secondary N) is 2. The lowest BCUT2D eigenvalue weighted by Gasteiger charge is -2.14. The number of aliphatic imine (C=N–C) groups is 1. The number of thiazole rings is 1. The van der Waals surface area contributed by atoms with Crippen molar-refractivity contribution >= 4 is 22.4 Å². The maximum atomic E-state index is 12.7. The minimum atomic E-state index is -4.36. The second-order valence-electron chi connectivity index (χ2n) is 6.51. The molecule has 156 valence electrons. The van der Waals surface area contributed by atoms with Crippen LogP contribution in [-0.4, -0.2) is 29.0 Å². The summed E-state index contributed by atoms with van der Waals surface area (Å²) in [5, 5.41) is 8.91. The van der Waals surface area contributed by atoms with Crippen molar-refractivity contribution in [2.75, 3.05) is 18.4 Å². The summed E-state index contributed by atoms with van der Waals surface area (Å²) in [6.07, 6.45) is -1.76. The summed E-state index contributed by atoms with van der Waals surface area (Å²) in [5.41, 5.74) is 1.31. The molecular weight excluding hydrogens is 415 g/mol. The third kappa shape index (κ3) is 4.88. The number of halogens is 3. The standard InChI is InChI=1S/C20H18F3N5OS/c21-20(22,23)14-6-4-13(5-7-14)11-29-17-15(3-1-8-24-17)16-12-30-19(27-16)28-18-25-9-2-10-26-18/h1,3-8,12H,2,9-11H2,(H2,25,26,27,28). The Balaban J connectivity index is 1.46. The zero-order valence-electron chi connectivity index (χ0n) is 15.7. The van der Waals surface area contributed by atoms with Crippen LogP contribution in [0.3, 0.4) is 0 Å². The minimum Gasteiger partial charge on any atom is -0.472 e. The molecule has 0 atom stereocenters. The molecule has 0 fully saturated rings. The first-order chi connectivity index (χ1) is 14.5. The first-order valence-corrected chi connectivity index (χ1v) is 10.1. The first-order valence-electron chi connectivity index (χ1n) is 9.24. The molecule has 0 radical (unpaired) electrons. The van der Waals surface area contributed by atoms with Crippen molar-refractivity contribution in [2.24, 2.45) is 4.99 Å². The van der Waals surface area contributed by atoms with Gasteiger partial charge >= 0.3 is 6.18 Å². The summed E-state index contributed by atoms with van der Waals surface area (Å²) >= 11 is 1.43. The van der Waals surface area contributed by atoms with Crippen LogP contribution in [0, 0.1) is 0 Å². The zero-order chi connectivity index (χ0) is 21.0. The number of hydrogen-bond donors (Lipinski definition) is 2. The van der Waals surface area contributed by atoms with Gasteiger partial charge in [0.25, 0.3) is 0 Å². The lowest BCUT2D eigenvalue weighted by molar-refractivity contribution is -0.137. The molecule has 30 heavy (non-hydrogen) atoms. The smallest absolute Gasteiger partial charge is 0.416 e. The molecule has 10 heteroatoms. The van der Waals surface area contributed by atoms with Crippen LogP contribution in [0.5, 0.6) is 5.88 Å². The SMILES string of the molecule is FC(F)(F)c1ccc(COc2ncccc2-c2csc(NC3=NCCCN3)n2)cc1. The summed E-state index contributed by atoms with van der Waals surface area (Å²) in [6, 6.07) is 8.49. The molecule has 0 amide bonds. The normalized spacial score (nSPS) is 14.0. The van der Waals surface area contributed by atoms with Crippen molar-refractivity contribution in [2.45, 2.75) is 19.2 Å². The van der Waals surface area contributed by atoms with Gasteiger partial charge in [0.15, 0.2) is 11.1 Å². The van der Waals surface area contributed by atoms with Crippen LogP contribution < -0.4 is 15.4 Å². The molecule has 1 aliphatic rings. The van der Waals surface area contributed by atoms with Crippen molar-refractivity contribution in [3.05, 3.63) is 59.1 Å². The molecule has 0 spiro atoms. The fourth-order valence-corrected chi connectivity index (χ4v) is 3.52. The number of anilines is 1. The molecule has 0 unspecified atom stereocenters. The summed E-state index contributed by atoms with van der Waals surface area (Å²) in [5.74, 6) is 1.06. The zero-order valence-corrected chi connectivity index (χ0v) is 16.6. The van der Waals surface area contributed by atoms with E-state index in [2.05, 4.69) is 25.6 Å². The molecule has 6 nitrogen and oxygen atoms in total. The molecule has 1 aliphatic heterocycles. The predicted molar refractivity (Wildman–Crippen MR) is 110 cm³/mol. The highest BCUT2D eigenvalue weighted by Crippen LogP contribution is 2.32. The van der Waals surface area contributed by atoms with Crippen LogP contribution in [-0.2, 0) is 12.8 Å². The number of aromatic nitrogens is 2. The number of rotatable bonds is 5. The lowest BCUT2D eigenvalue weighted by Crippen LogP contribution is -2.35. The Morgan fingerprint density at radius 2 is 2.00 bits per heavy atom. The third-order valence-electron chi connectivity index (χ3n) is 4.33. The van der Waals surface area contributed by atoms with Crippen LogP contribution in [0.2, 0.25) is 0 Å². The molecule has 0 saturated carbocycles. The Hall–Kier alpha value is -3.14. The van der Waals surface area contributed by atoms with E-state index in [9.17, 15) is 13.2 Å². The fourth-order valence-electron chi connectivity index (χ4n) is 2.81. The number of hydrogen-bond acceptors (Lipinski definition) is 7.